The van der Waals surface area contributed by atoms with Crippen LogP contribution in [0.15, 0.2) is 36.5 Å². The number of benzene rings is 1. The molecule has 0 radical (unpaired) electrons. The van der Waals surface area contributed by atoms with Gasteiger partial charge < -0.3 is 14.2 Å². The third-order valence-corrected chi connectivity index (χ3v) is 5.23. The van der Waals surface area contributed by atoms with E-state index in [1.165, 1.54) is 0 Å². The van der Waals surface area contributed by atoms with Gasteiger partial charge in [-0.1, -0.05) is 24.6 Å². The second-order valence-corrected chi connectivity index (χ2v) is 7.29. The van der Waals surface area contributed by atoms with Gasteiger partial charge >= 0.3 is 0 Å². The van der Waals surface area contributed by atoms with Crippen molar-refractivity contribution in [2.45, 2.75) is 33.4 Å². The largest absolute Gasteiger partial charge is 0.494 e. The van der Waals surface area contributed by atoms with Gasteiger partial charge in [0.1, 0.15) is 11.4 Å². The van der Waals surface area contributed by atoms with Gasteiger partial charge in [-0.25, -0.2) is 4.98 Å². The number of aryl methyl sites for hydroxylation is 1. The lowest BCUT2D eigenvalue weighted by atomic mass is 10.1. The van der Waals surface area contributed by atoms with Crippen LogP contribution in [0.1, 0.15) is 35.0 Å². The van der Waals surface area contributed by atoms with E-state index in [0.717, 1.165) is 41.0 Å². The molecule has 0 aliphatic carbocycles. The van der Waals surface area contributed by atoms with Crippen LogP contribution in [-0.2, 0) is 13.1 Å². The lowest BCUT2D eigenvalue weighted by Crippen LogP contribution is -2.38. The fourth-order valence-corrected chi connectivity index (χ4v) is 3.79. The van der Waals surface area contributed by atoms with Gasteiger partial charge in [0.2, 0.25) is 0 Å². The Morgan fingerprint density at radius 2 is 2.15 bits per heavy atom. The summed E-state index contributed by atoms with van der Waals surface area (Å²) < 4.78 is 7.86. The number of halogens is 1. The topological polar surface area (TPSA) is 47.4 Å². The quantitative estimate of drug-likeness (QED) is 0.669. The molecule has 0 bridgehead atoms. The summed E-state index contributed by atoms with van der Waals surface area (Å²) >= 11 is 6.12. The fourth-order valence-electron chi connectivity index (χ4n) is 3.63. The van der Waals surface area contributed by atoms with Crippen molar-refractivity contribution in [1.82, 2.24) is 14.5 Å². The van der Waals surface area contributed by atoms with Gasteiger partial charge in [0.25, 0.3) is 5.91 Å². The number of rotatable bonds is 4. The van der Waals surface area contributed by atoms with Gasteiger partial charge in [-0.3, -0.25) is 4.79 Å². The molecule has 3 aromatic rings. The molecule has 0 atom stereocenters. The molecule has 0 saturated heterocycles. The smallest absolute Gasteiger partial charge is 0.254 e. The third kappa shape index (κ3) is 3.28. The van der Waals surface area contributed by atoms with Gasteiger partial charge in [-0.15, -0.1) is 0 Å². The van der Waals surface area contributed by atoms with Gasteiger partial charge in [-0.2, -0.15) is 0 Å². The molecule has 2 aromatic heterocycles. The Kier molecular flexibility index (Phi) is 4.79. The Balaban J connectivity index is 1.61. The Morgan fingerprint density at radius 1 is 1.30 bits per heavy atom. The second-order valence-electron chi connectivity index (χ2n) is 6.85. The highest BCUT2D eigenvalue weighted by atomic mass is 35.5. The highest BCUT2D eigenvalue weighted by Crippen LogP contribution is 2.30. The summed E-state index contributed by atoms with van der Waals surface area (Å²) in [6, 6.07) is 9.39. The third-order valence-electron chi connectivity index (χ3n) is 5.03. The van der Waals surface area contributed by atoms with Crippen LogP contribution < -0.4 is 4.74 Å². The monoisotopic (exact) mass is 383 g/mol. The molecule has 27 heavy (non-hydrogen) atoms. The molecular formula is C21H22ClN3O2. The maximum Gasteiger partial charge on any atom is 0.254 e. The molecule has 1 aliphatic rings. The average Bonchev–Trinajstić information content (AvgIpc) is 2.97. The number of carbonyl (C=O) groups is 1. The Labute approximate surface area is 163 Å². The van der Waals surface area contributed by atoms with Crippen molar-refractivity contribution >= 4 is 28.5 Å². The highest BCUT2D eigenvalue weighted by molar-refractivity contribution is 6.31. The zero-order valence-corrected chi connectivity index (χ0v) is 16.3. The van der Waals surface area contributed by atoms with E-state index >= 15 is 0 Å². The zero-order valence-electron chi connectivity index (χ0n) is 15.5. The van der Waals surface area contributed by atoms with Crippen molar-refractivity contribution in [2.75, 3.05) is 13.2 Å². The average molecular weight is 384 g/mol. The molecule has 0 N–H and O–H groups in total. The predicted molar refractivity (Wildman–Crippen MR) is 106 cm³/mol. The second kappa shape index (κ2) is 7.24. The number of hydrogen-bond donors (Lipinski definition) is 0. The number of hydrogen-bond acceptors (Lipinski definition) is 3. The standard InChI is InChI=1S/C21H22ClN3O2/c1-3-9-27-17-6-4-5-15(10-17)21(26)24-7-8-25-19(13-24)14(2)18-11-16(22)12-23-20(18)25/h4-6,10-12H,3,7-9,13H2,1-2H3. The van der Waals surface area contributed by atoms with Gasteiger partial charge in [0.05, 0.1) is 18.2 Å². The van der Waals surface area contributed by atoms with E-state index in [4.69, 9.17) is 16.3 Å². The van der Waals surface area contributed by atoms with Crippen molar-refractivity contribution in [1.29, 1.82) is 0 Å². The number of aromatic nitrogens is 2. The molecule has 4 rings (SSSR count). The molecule has 0 unspecified atom stereocenters. The summed E-state index contributed by atoms with van der Waals surface area (Å²) in [4.78, 5) is 19.4. The molecule has 1 aliphatic heterocycles. The van der Waals surface area contributed by atoms with Crippen molar-refractivity contribution in [3.05, 3.63) is 58.4 Å². The number of pyridine rings is 1. The van der Waals surface area contributed by atoms with Crippen LogP contribution in [0.2, 0.25) is 5.02 Å². The summed E-state index contributed by atoms with van der Waals surface area (Å²) in [6.07, 6.45) is 2.61. The first-order chi connectivity index (χ1) is 13.1. The van der Waals surface area contributed by atoms with E-state index in [2.05, 4.69) is 23.4 Å². The Hall–Kier alpha value is -2.53. The maximum absolute atomic E-state index is 13.0. The lowest BCUT2D eigenvalue weighted by Gasteiger charge is -2.29. The van der Waals surface area contributed by atoms with E-state index in [9.17, 15) is 4.79 Å². The van der Waals surface area contributed by atoms with Crippen LogP contribution in [0, 0.1) is 6.92 Å². The van der Waals surface area contributed by atoms with Crippen molar-refractivity contribution < 1.29 is 9.53 Å². The lowest BCUT2D eigenvalue weighted by molar-refractivity contribution is 0.0711. The molecule has 1 amide bonds. The number of nitrogens with zero attached hydrogens (tertiary/aromatic N) is 3. The minimum atomic E-state index is 0.0267. The van der Waals surface area contributed by atoms with Crippen LogP contribution in [0.4, 0.5) is 0 Å². The first kappa shape index (κ1) is 17.9. The molecule has 0 fully saturated rings. The summed E-state index contributed by atoms with van der Waals surface area (Å²) in [5.41, 5.74) is 3.86. The number of amides is 1. The van der Waals surface area contributed by atoms with Crippen molar-refractivity contribution in [3.63, 3.8) is 0 Å². The van der Waals surface area contributed by atoms with E-state index in [-0.39, 0.29) is 5.91 Å². The summed E-state index contributed by atoms with van der Waals surface area (Å²) in [6.45, 7) is 6.73. The molecule has 3 heterocycles. The molecule has 0 saturated carbocycles. The number of ether oxygens (including phenoxy) is 1. The van der Waals surface area contributed by atoms with Crippen molar-refractivity contribution in [2.24, 2.45) is 0 Å². The first-order valence-corrected chi connectivity index (χ1v) is 9.61. The molecule has 6 heteroatoms. The zero-order chi connectivity index (χ0) is 19.0. The maximum atomic E-state index is 13.0. The van der Waals surface area contributed by atoms with Gasteiger partial charge in [-0.05, 0) is 43.2 Å². The molecule has 0 spiro atoms. The Morgan fingerprint density at radius 3 is 2.96 bits per heavy atom. The van der Waals surface area contributed by atoms with Gasteiger partial charge in [0, 0.05) is 35.9 Å². The molecule has 1 aromatic carbocycles. The minimum absolute atomic E-state index is 0.0267. The van der Waals surface area contributed by atoms with Crippen LogP contribution in [0.25, 0.3) is 11.0 Å². The highest BCUT2D eigenvalue weighted by Gasteiger charge is 2.26. The fraction of sp³-hybridized carbons (Fsp3) is 0.333. The molecular weight excluding hydrogens is 362 g/mol. The first-order valence-electron chi connectivity index (χ1n) is 9.24. The molecule has 5 nitrogen and oxygen atoms in total. The van der Waals surface area contributed by atoms with Crippen LogP contribution in [-0.4, -0.2) is 33.5 Å². The van der Waals surface area contributed by atoms with E-state index < -0.39 is 0 Å². The van der Waals surface area contributed by atoms with E-state index in [1.807, 2.05) is 35.2 Å². The molecule has 140 valence electrons. The number of fused-ring (bicyclic) bond motifs is 3. The minimum Gasteiger partial charge on any atom is -0.494 e. The predicted octanol–water partition coefficient (Wildman–Crippen LogP) is 4.44. The summed E-state index contributed by atoms with van der Waals surface area (Å²) in [5, 5.41) is 1.69. The van der Waals surface area contributed by atoms with E-state index in [0.29, 0.717) is 30.3 Å². The van der Waals surface area contributed by atoms with Crippen LogP contribution in [0.5, 0.6) is 5.75 Å². The summed E-state index contributed by atoms with van der Waals surface area (Å²) in [5.74, 6) is 0.766. The van der Waals surface area contributed by atoms with Crippen LogP contribution in [0.3, 0.4) is 0 Å². The Bertz CT molecular complexity index is 1010. The SMILES string of the molecule is CCCOc1cccc(C(=O)N2CCn3c(c(C)c4cc(Cl)cnc43)C2)c1. The number of carbonyl (C=O) groups excluding carboxylic acids is 1. The normalized spacial score (nSPS) is 13.7. The van der Waals surface area contributed by atoms with E-state index in [1.54, 1.807) is 6.20 Å². The van der Waals surface area contributed by atoms with Gasteiger partial charge in [0.15, 0.2) is 0 Å². The summed E-state index contributed by atoms with van der Waals surface area (Å²) in [7, 11) is 0. The van der Waals surface area contributed by atoms with Crippen molar-refractivity contribution in [3.8, 4) is 5.75 Å². The van der Waals surface area contributed by atoms with Crippen LogP contribution >= 0.6 is 11.6 Å².